The van der Waals surface area contributed by atoms with Crippen molar-refractivity contribution < 1.29 is 9.53 Å². The Hall–Kier alpha value is -3.19. The number of nitrogens with zero attached hydrogens (tertiary/aromatic N) is 3. The fourth-order valence-electron chi connectivity index (χ4n) is 7.88. The van der Waals surface area contributed by atoms with Gasteiger partial charge in [0.25, 0.3) is 0 Å². The van der Waals surface area contributed by atoms with Crippen LogP contribution in [0.15, 0.2) is 72.8 Å². The number of methoxy groups -OCH3 is 1. The van der Waals surface area contributed by atoms with E-state index in [1.807, 2.05) is 24.3 Å². The molecule has 6 nitrogen and oxygen atoms in total. The Bertz CT molecular complexity index is 1370. The molecule has 2 heterocycles. The van der Waals surface area contributed by atoms with Gasteiger partial charge in [0.05, 0.1) is 6.61 Å². The van der Waals surface area contributed by atoms with Gasteiger partial charge in [0.1, 0.15) is 0 Å². The highest BCUT2D eigenvalue weighted by atomic mass is 16.5. The van der Waals surface area contributed by atoms with E-state index in [9.17, 15) is 4.79 Å². The number of anilines is 1. The molecule has 6 heteroatoms. The summed E-state index contributed by atoms with van der Waals surface area (Å²) in [6, 6.07) is 27.0. The van der Waals surface area contributed by atoms with Gasteiger partial charge in [-0.2, -0.15) is 0 Å². The van der Waals surface area contributed by atoms with Crippen LogP contribution in [0.4, 0.5) is 5.69 Å². The van der Waals surface area contributed by atoms with Gasteiger partial charge in [-0.1, -0.05) is 62.4 Å². The minimum atomic E-state index is -0.364. The van der Waals surface area contributed by atoms with E-state index < -0.39 is 0 Å². The van der Waals surface area contributed by atoms with Crippen LogP contribution in [0.1, 0.15) is 84.1 Å². The smallest absolute Gasteiger partial charge is 0.248 e. The maximum Gasteiger partial charge on any atom is 0.248 e. The summed E-state index contributed by atoms with van der Waals surface area (Å²) in [4.78, 5) is 19.5. The number of nitrogens with two attached hydrogens (primary N) is 1. The minimum absolute atomic E-state index is 0.364. The number of primary amides is 1. The Balaban J connectivity index is 1.13. The fourth-order valence-corrected chi connectivity index (χ4v) is 7.88. The Morgan fingerprint density at radius 2 is 1.58 bits per heavy atom. The quantitative estimate of drug-likeness (QED) is 0.319. The summed E-state index contributed by atoms with van der Waals surface area (Å²) in [6.07, 6.45) is 5.10. The van der Waals surface area contributed by atoms with Gasteiger partial charge >= 0.3 is 0 Å². The molecule has 43 heavy (non-hydrogen) atoms. The van der Waals surface area contributed by atoms with Crippen LogP contribution < -0.4 is 10.6 Å². The summed E-state index contributed by atoms with van der Waals surface area (Å²) in [5, 5.41) is 0. The average Bonchev–Trinajstić information content (AvgIpc) is 3.01. The lowest BCUT2D eigenvalue weighted by Gasteiger charge is -2.58. The third-order valence-corrected chi connectivity index (χ3v) is 10.4. The molecule has 1 atom stereocenters. The summed E-state index contributed by atoms with van der Waals surface area (Å²) in [5.41, 5.74) is 13.3. The topological polar surface area (TPSA) is 62.0 Å². The molecule has 1 amide bonds. The van der Waals surface area contributed by atoms with Crippen molar-refractivity contribution in [1.82, 2.24) is 9.80 Å². The van der Waals surface area contributed by atoms with E-state index in [0.29, 0.717) is 35.6 Å². The zero-order chi connectivity index (χ0) is 30.0. The average molecular weight is 581 g/mol. The van der Waals surface area contributed by atoms with Crippen LogP contribution >= 0.6 is 0 Å². The number of rotatable bonds is 9. The van der Waals surface area contributed by atoms with E-state index in [4.69, 9.17) is 10.5 Å². The first-order valence-electron chi connectivity index (χ1n) is 16.1. The molecule has 228 valence electrons. The number of ether oxygens (including phenoxy) is 1. The fraction of sp³-hybridized carbons (Fsp3) is 0.486. The SMILES string of the molecule is COCc1ccc(CN2CCN(C3CC4(CCN(c5ccc(C(N)=O)cc5)CC4)C3)C(c3ccccc3C(C)C)C2)cc1. The van der Waals surface area contributed by atoms with E-state index in [-0.39, 0.29) is 5.91 Å². The third-order valence-electron chi connectivity index (χ3n) is 10.4. The number of hydrogen-bond donors (Lipinski definition) is 1. The van der Waals surface area contributed by atoms with Crippen LogP contribution in [0, 0.1) is 5.41 Å². The monoisotopic (exact) mass is 580 g/mol. The molecule has 1 aliphatic carbocycles. The molecule has 2 N–H and O–H groups in total. The van der Waals surface area contributed by atoms with Crippen LogP contribution in [0.5, 0.6) is 0 Å². The molecule has 3 aliphatic rings. The number of amides is 1. The van der Waals surface area contributed by atoms with E-state index in [0.717, 1.165) is 39.3 Å². The lowest BCUT2D eigenvalue weighted by Crippen LogP contribution is -2.60. The molecule has 1 unspecified atom stereocenters. The number of hydrogen-bond acceptors (Lipinski definition) is 5. The number of carbonyl (C=O) groups excluding carboxylic acids is 1. The Morgan fingerprint density at radius 1 is 0.907 bits per heavy atom. The zero-order valence-electron chi connectivity index (χ0n) is 26.2. The molecular weight excluding hydrogens is 532 g/mol. The van der Waals surface area contributed by atoms with Crippen molar-refractivity contribution in [2.24, 2.45) is 11.1 Å². The van der Waals surface area contributed by atoms with Crippen molar-refractivity contribution in [2.75, 3.05) is 44.7 Å². The number of piperidine rings is 1. The van der Waals surface area contributed by atoms with Crippen LogP contribution in [-0.2, 0) is 17.9 Å². The Morgan fingerprint density at radius 3 is 2.23 bits per heavy atom. The summed E-state index contributed by atoms with van der Waals surface area (Å²) < 4.78 is 5.31. The van der Waals surface area contributed by atoms with Gasteiger partial charge in [0.2, 0.25) is 5.91 Å². The highest BCUT2D eigenvalue weighted by molar-refractivity contribution is 5.93. The first-order valence-corrected chi connectivity index (χ1v) is 16.1. The summed E-state index contributed by atoms with van der Waals surface area (Å²) in [6.45, 7) is 11.8. The standard InChI is InChI=1S/C37H48N4O2/c1-27(2)33-6-4-5-7-34(33)35-25-39(24-28-8-10-29(11-9-28)26-43-3)20-21-41(35)32-22-37(23-32)16-18-40(19-17-37)31-14-12-30(13-15-31)36(38)42/h4-15,27,32,35H,16-26H2,1-3H3,(H2,38,42). The van der Waals surface area contributed by atoms with Crippen LogP contribution in [0.2, 0.25) is 0 Å². The maximum absolute atomic E-state index is 11.5. The summed E-state index contributed by atoms with van der Waals surface area (Å²) >= 11 is 0. The van der Waals surface area contributed by atoms with Crippen molar-refractivity contribution in [3.8, 4) is 0 Å². The van der Waals surface area contributed by atoms with E-state index in [1.165, 1.54) is 53.6 Å². The number of carbonyl (C=O) groups is 1. The highest BCUT2D eigenvalue weighted by Crippen LogP contribution is 2.53. The first-order chi connectivity index (χ1) is 20.8. The van der Waals surface area contributed by atoms with Gasteiger partial charge in [-0.05, 0) is 83.5 Å². The normalized spacial score (nSPS) is 21.3. The molecule has 3 aromatic carbocycles. The second-order valence-corrected chi connectivity index (χ2v) is 13.5. The van der Waals surface area contributed by atoms with Crippen LogP contribution in [0.25, 0.3) is 0 Å². The molecule has 0 radical (unpaired) electrons. The predicted molar refractivity (Wildman–Crippen MR) is 174 cm³/mol. The first kappa shape index (κ1) is 29.9. The Labute approximate surface area is 257 Å². The van der Waals surface area contributed by atoms with Gasteiger partial charge in [-0.15, -0.1) is 0 Å². The molecule has 3 fully saturated rings. The second kappa shape index (κ2) is 12.8. The lowest BCUT2D eigenvalue weighted by molar-refractivity contribution is -0.0628. The van der Waals surface area contributed by atoms with Gasteiger partial charge in [-0.25, -0.2) is 0 Å². The van der Waals surface area contributed by atoms with Crippen molar-refractivity contribution in [2.45, 2.75) is 70.7 Å². The molecular formula is C37H48N4O2. The number of piperazine rings is 1. The van der Waals surface area contributed by atoms with Crippen molar-refractivity contribution in [3.63, 3.8) is 0 Å². The summed E-state index contributed by atoms with van der Waals surface area (Å²) in [7, 11) is 1.75. The Kier molecular flexibility index (Phi) is 8.90. The maximum atomic E-state index is 11.5. The molecule has 0 aromatic heterocycles. The van der Waals surface area contributed by atoms with Crippen LogP contribution in [0.3, 0.4) is 0 Å². The predicted octanol–water partition coefficient (Wildman–Crippen LogP) is 6.36. The highest BCUT2D eigenvalue weighted by Gasteiger charge is 2.50. The zero-order valence-corrected chi connectivity index (χ0v) is 26.2. The second-order valence-electron chi connectivity index (χ2n) is 13.5. The molecule has 0 bridgehead atoms. The summed E-state index contributed by atoms with van der Waals surface area (Å²) in [5.74, 6) is 0.146. The van der Waals surface area contributed by atoms with E-state index in [2.05, 4.69) is 77.1 Å². The van der Waals surface area contributed by atoms with Gasteiger partial charge in [0.15, 0.2) is 0 Å². The third kappa shape index (κ3) is 6.52. The molecule has 6 rings (SSSR count). The molecule has 1 spiro atoms. The minimum Gasteiger partial charge on any atom is -0.380 e. The van der Waals surface area contributed by atoms with Gasteiger partial charge in [-0.3, -0.25) is 14.6 Å². The lowest BCUT2D eigenvalue weighted by atomic mass is 9.59. The largest absolute Gasteiger partial charge is 0.380 e. The molecule has 2 saturated heterocycles. The molecule has 2 aliphatic heterocycles. The van der Waals surface area contributed by atoms with Crippen molar-refractivity contribution in [3.05, 3.63) is 101 Å². The van der Waals surface area contributed by atoms with Crippen LogP contribution in [-0.4, -0.2) is 61.6 Å². The molecule has 3 aromatic rings. The van der Waals surface area contributed by atoms with Crippen molar-refractivity contribution >= 4 is 11.6 Å². The molecule has 1 saturated carbocycles. The van der Waals surface area contributed by atoms with Crippen molar-refractivity contribution in [1.29, 1.82) is 0 Å². The van der Waals surface area contributed by atoms with E-state index >= 15 is 0 Å². The van der Waals surface area contributed by atoms with Gasteiger partial charge < -0.3 is 15.4 Å². The van der Waals surface area contributed by atoms with Gasteiger partial charge in [0, 0.05) is 69.7 Å². The van der Waals surface area contributed by atoms with E-state index in [1.54, 1.807) is 7.11 Å². The number of benzene rings is 3.